The van der Waals surface area contributed by atoms with E-state index in [-0.39, 0.29) is 69.1 Å². The fraction of sp³-hybridized carbons (Fsp3) is 0.389. The lowest BCUT2D eigenvalue weighted by atomic mass is 9.69. The van der Waals surface area contributed by atoms with Crippen LogP contribution in [0.3, 0.4) is 0 Å². The number of aliphatic hydroxyl groups is 1. The maximum Gasteiger partial charge on any atom is 0.330 e. The lowest BCUT2D eigenvalue weighted by Crippen LogP contribution is -2.53. The van der Waals surface area contributed by atoms with Gasteiger partial charge in [-0.3, -0.25) is 33.1 Å². The molecular formula is C36H39ClN4O12. The van der Waals surface area contributed by atoms with E-state index < -0.39 is 70.3 Å². The Labute approximate surface area is 307 Å². The van der Waals surface area contributed by atoms with Gasteiger partial charge in [0.2, 0.25) is 23.2 Å². The van der Waals surface area contributed by atoms with E-state index >= 15 is 0 Å². The average molecular weight is 755 g/mol. The normalized spacial score (nSPS) is 19.0. The molecule has 4 atom stereocenters. The molecule has 3 aromatic rings. The van der Waals surface area contributed by atoms with Gasteiger partial charge in [-0.05, 0) is 24.6 Å². The number of aromatic nitrogens is 2. The average Bonchev–Trinajstić information content (AvgIpc) is 3.44. The maximum atomic E-state index is 14.3. The van der Waals surface area contributed by atoms with E-state index in [9.17, 15) is 39.0 Å². The van der Waals surface area contributed by atoms with E-state index in [2.05, 4.69) is 10.6 Å². The molecule has 1 spiro atoms. The number of hydrogen-bond donors (Lipinski definition) is 4. The van der Waals surface area contributed by atoms with Crippen LogP contribution in [0.2, 0.25) is 5.02 Å². The van der Waals surface area contributed by atoms with Crippen molar-refractivity contribution in [2.75, 3.05) is 21.3 Å². The van der Waals surface area contributed by atoms with Crippen LogP contribution in [0, 0.1) is 5.92 Å². The van der Waals surface area contributed by atoms with Crippen LogP contribution in [0.25, 0.3) is 0 Å². The number of hydrogen-bond acceptors (Lipinski definition) is 12. The highest BCUT2D eigenvalue weighted by Gasteiger charge is 2.61. The van der Waals surface area contributed by atoms with Crippen LogP contribution < -0.4 is 40.8 Å². The first-order chi connectivity index (χ1) is 25.0. The molecule has 0 bridgehead atoms. The number of benzene rings is 2. The quantitative estimate of drug-likeness (QED) is 0.222. The number of halogens is 1. The molecule has 0 radical (unpaired) electrons. The van der Waals surface area contributed by atoms with Gasteiger partial charge >= 0.3 is 5.69 Å². The van der Waals surface area contributed by atoms with Crippen LogP contribution in [0.1, 0.15) is 54.2 Å². The van der Waals surface area contributed by atoms with Gasteiger partial charge in [0.1, 0.15) is 28.1 Å². The van der Waals surface area contributed by atoms with Gasteiger partial charge in [-0.15, -0.1) is 0 Å². The molecule has 1 aliphatic heterocycles. The third kappa shape index (κ3) is 6.58. The third-order valence-corrected chi connectivity index (χ3v) is 10.1. The number of nitrogens with one attached hydrogen (secondary N) is 2. The highest BCUT2D eigenvalue weighted by atomic mass is 35.5. The monoisotopic (exact) mass is 754 g/mol. The van der Waals surface area contributed by atoms with Gasteiger partial charge in [-0.25, -0.2) is 4.79 Å². The Kier molecular flexibility index (Phi) is 10.7. The van der Waals surface area contributed by atoms with E-state index in [0.717, 1.165) is 4.57 Å². The first-order valence-electron chi connectivity index (χ1n) is 16.4. The Morgan fingerprint density at radius 3 is 2.30 bits per heavy atom. The third-order valence-electron chi connectivity index (χ3n) is 9.70. The van der Waals surface area contributed by atoms with Crippen LogP contribution >= 0.6 is 11.6 Å². The Morgan fingerprint density at radius 1 is 1.00 bits per heavy atom. The van der Waals surface area contributed by atoms with Gasteiger partial charge in [0, 0.05) is 62.2 Å². The summed E-state index contributed by atoms with van der Waals surface area (Å²) < 4.78 is 24.4. The molecule has 1 unspecified atom stereocenters. The lowest BCUT2D eigenvalue weighted by Gasteiger charge is -2.38. The number of methoxy groups -OCH3 is 3. The molecule has 17 heteroatoms. The number of nitrogens with zero attached hydrogens (tertiary/aromatic N) is 2. The zero-order chi connectivity index (χ0) is 39.1. The van der Waals surface area contributed by atoms with E-state index in [4.69, 9.17) is 30.5 Å². The smallest absolute Gasteiger partial charge is 0.330 e. The fourth-order valence-corrected chi connectivity index (χ4v) is 6.93. The van der Waals surface area contributed by atoms with E-state index in [1.807, 2.05) is 0 Å². The molecule has 2 heterocycles. The summed E-state index contributed by atoms with van der Waals surface area (Å²) in [6.45, 7) is 2.77. The first kappa shape index (κ1) is 38.5. The van der Waals surface area contributed by atoms with E-state index in [1.54, 1.807) is 6.92 Å². The second kappa shape index (κ2) is 14.7. The number of ether oxygens (including phenoxy) is 4. The molecule has 5 rings (SSSR count). The van der Waals surface area contributed by atoms with Crippen LogP contribution in [0.4, 0.5) is 0 Å². The predicted molar refractivity (Wildman–Crippen MR) is 189 cm³/mol. The van der Waals surface area contributed by atoms with Crippen molar-refractivity contribution in [1.29, 1.82) is 0 Å². The SMILES string of the molecule is COc1cc(C(CC(=O)N[C@H](C)C(=O)NCc2cc(=O)n(C)c(=O)n2C)C2=C(O)[C@@]3(Oc4c(Cl)c(OC)cc(OC)c4C3=O)[C@H](C)CC2=O)ccc1O. The Bertz CT molecular complexity index is 2190. The lowest BCUT2D eigenvalue weighted by molar-refractivity contribution is -0.129. The molecule has 282 valence electrons. The van der Waals surface area contributed by atoms with Crippen molar-refractivity contribution in [3.63, 3.8) is 0 Å². The standard InChI is InChI=1S/C36H39ClN4O12/c1-16-10-22(43)28(32(46)36(16)33(47)29-24(51-6)14-25(52-7)30(37)31(29)53-36)20(18-8-9-21(42)23(11-18)50-5)13-26(44)39-17(2)34(48)38-15-19-12-27(45)41(4)35(49)40(19)3/h8-9,11-12,14,16-17,20,42,46H,10,13,15H2,1-7H3,(H,38,48)(H,39,44)/t16-,17-,20?,36+/m1/s1. The molecule has 0 fully saturated rings. The minimum atomic E-state index is -2.14. The molecule has 0 saturated carbocycles. The summed E-state index contributed by atoms with van der Waals surface area (Å²) in [5.41, 5.74) is -3.18. The topological polar surface area (TPSA) is 214 Å². The van der Waals surface area contributed by atoms with Gasteiger partial charge in [0.15, 0.2) is 28.8 Å². The second-order valence-electron chi connectivity index (χ2n) is 12.8. The molecule has 53 heavy (non-hydrogen) atoms. The fourth-order valence-electron chi connectivity index (χ4n) is 6.67. The molecule has 1 aromatic heterocycles. The number of fused-ring (bicyclic) bond motifs is 1. The van der Waals surface area contributed by atoms with Crippen molar-refractivity contribution in [3.8, 4) is 28.7 Å². The molecule has 2 aromatic carbocycles. The van der Waals surface area contributed by atoms with Gasteiger partial charge in [-0.2, -0.15) is 0 Å². The number of Topliss-reactive ketones (excluding diaryl/α,β-unsaturated/α-hetero) is 2. The zero-order valence-corrected chi connectivity index (χ0v) is 30.7. The first-order valence-corrected chi connectivity index (χ1v) is 16.7. The van der Waals surface area contributed by atoms with Crippen LogP contribution in [-0.4, -0.2) is 75.7 Å². The molecule has 4 N–H and O–H groups in total. The van der Waals surface area contributed by atoms with Crippen molar-refractivity contribution < 1.29 is 48.3 Å². The highest BCUT2D eigenvalue weighted by Crippen LogP contribution is 2.56. The summed E-state index contributed by atoms with van der Waals surface area (Å²) in [5.74, 6) is -5.76. The Hall–Kier alpha value is -5.77. The Balaban J connectivity index is 1.51. The van der Waals surface area contributed by atoms with Crippen molar-refractivity contribution in [1.82, 2.24) is 19.8 Å². The molecular weight excluding hydrogens is 716 g/mol. The van der Waals surface area contributed by atoms with Crippen molar-refractivity contribution in [2.45, 2.75) is 50.8 Å². The molecule has 1 aliphatic carbocycles. The summed E-state index contributed by atoms with van der Waals surface area (Å²) in [4.78, 5) is 79.3. The summed E-state index contributed by atoms with van der Waals surface area (Å²) in [7, 11) is 6.76. The zero-order valence-electron chi connectivity index (χ0n) is 30.0. The van der Waals surface area contributed by atoms with E-state index in [1.165, 1.54) is 77.2 Å². The number of carbonyl (C=O) groups excluding carboxylic acids is 4. The second-order valence-corrected chi connectivity index (χ2v) is 13.2. The van der Waals surface area contributed by atoms with Crippen molar-refractivity contribution in [3.05, 3.63) is 84.3 Å². The van der Waals surface area contributed by atoms with Gasteiger partial charge in [0.05, 0.1) is 27.9 Å². The van der Waals surface area contributed by atoms with Crippen molar-refractivity contribution >= 4 is 35.0 Å². The largest absolute Gasteiger partial charge is 0.507 e. The molecule has 2 aliphatic rings. The van der Waals surface area contributed by atoms with Crippen LogP contribution in [-0.2, 0) is 35.0 Å². The summed E-state index contributed by atoms with van der Waals surface area (Å²) in [5, 5.41) is 27.5. The summed E-state index contributed by atoms with van der Waals surface area (Å²) in [6, 6.07) is 5.55. The van der Waals surface area contributed by atoms with Crippen LogP contribution in [0.15, 0.2) is 51.3 Å². The molecule has 2 amide bonds. The number of aromatic hydroxyl groups is 1. The van der Waals surface area contributed by atoms with Gasteiger partial charge in [-0.1, -0.05) is 24.6 Å². The highest BCUT2D eigenvalue weighted by molar-refractivity contribution is 6.35. The van der Waals surface area contributed by atoms with Crippen LogP contribution in [0.5, 0.6) is 28.7 Å². The number of amides is 2. The van der Waals surface area contributed by atoms with Gasteiger partial charge in [0.25, 0.3) is 5.56 Å². The molecule has 0 saturated heterocycles. The van der Waals surface area contributed by atoms with Gasteiger partial charge < -0.3 is 39.8 Å². The van der Waals surface area contributed by atoms with Crippen molar-refractivity contribution in [2.24, 2.45) is 20.0 Å². The number of ketones is 2. The minimum absolute atomic E-state index is 0.00133. The number of aliphatic hydroxyl groups excluding tert-OH is 1. The van der Waals surface area contributed by atoms with E-state index in [0.29, 0.717) is 0 Å². The Morgan fingerprint density at radius 2 is 1.66 bits per heavy atom. The predicted octanol–water partition coefficient (Wildman–Crippen LogP) is 2.20. The number of phenols is 1. The summed E-state index contributed by atoms with van der Waals surface area (Å²) in [6.07, 6.45) is -0.809. The number of carbonyl (C=O) groups is 4. The summed E-state index contributed by atoms with van der Waals surface area (Å²) >= 11 is 6.57. The maximum absolute atomic E-state index is 14.3. The minimum Gasteiger partial charge on any atom is -0.507 e. The number of allylic oxidation sites excluding steroid dienone is 1. The molecule has 16 nitrogen and oxygen atoms in total. The number of phenolic OH excluding ortho intramolecular Hbond substituents is 1. The number of rotatable bonds is 11.